The van der Waals surface area contributed by atoms with E-state index in [0.29, 0.717) is 19.1 Å². The molecule has 3 rings (SSSR count). The summed E-state index contributed by atoms with van der Waals surface area (Å²) in [6.07, 6.45) is 1.79. The van der Waals surface area contributed by atoms with Gasteiger partial charge in [-0.25, -0.2) is 9.78 Å². The number of rotatable bonds is 3. The maximum atomic E-state index is 12.3. The van der Waals surface area contributed by atoms with Gasteiger partial charge < -0.3 is 14.4 Å². The topological polar surface area (TPSA) is 51.7 Å². The Kier molecular flexibility index (Phi) is 5.35. The second-order valence-corrected chi connectivity index (χ2v) is 8.03. The molecule has 0 bridgehead atoms. The van der Waals surface area contributed by atoms with E-state index < -0.39 is 5.60 Å². The molecule has 0 N–H and O–H groups in total. The van der Waals surface area contributed by atoms with Gasteiger partial charge in [0, 0.05) is 30.1 Å². The fourth-order valence-electron chi connectivity index (χ4n) is 3.23. The SMILES string of the molecule is Cc1ccc2cccc(OC[C@H]3CCCN(C(=O)OC(C)(C)C)C3)c2n1. The van der Waals surface area contributed by atoms with Crippen molar-refractivity contribution in [3.05, 3.63) is 36.0 Å². The highest BCUT2D eigenvalue weighted by Gasteiger charge is 2.28. The highest BCUT2D eigenvalue weighted by atomic mass is 16.6. The Balaban J connectivity index is 1.63. The minimum absolute atomic E-state index is 0.232. The van der Waals surface area contributed by atoms with Crippen LogP contribution in [-0.4, -0.2) is 41.3 Å². The van der Waals surface area contributed by atoms with E-state index in [1.165, 1.54) is 0 Å². The highest BCUT2D eigenvalue weighted by molar-refractivity contribution is 5.84. The maximum Gasteiger partial charge on any atom is 0.410 e. The molecule has 1 aromatic carbocycles. The first-order valence-electron chi connectivity index (χ1n) is 9.29. The fourth-order valence-corrected chi connectivity index (χ4v) is 3.23. The van der Waals surface area contributed by atoms with E-state index in [1.54, 1.807) is 4.90 Å². The summed E-state index contributed by atoms with van der Waals surface area (Å²) < 4.78 is 11.6. The molecule has 0 spiro atoms. The van der Waals surface area contributed by atoms with Gasteiger partial charge in [-0.3, -0.25) is 0 Å². The number of carbonyl (C=O) groups is 1. The van der Waals surface area contributed by atoms with Crippen LogP contribution in [0.15, 0.2) is 30.3 Å². The predicted octanol–water partition coefficient (Wildman–Crippen LogP) is 4.57. The zero-order valence-corrected chi connectivity index (χ0v) is 16.1. The smallest absolute Gasteiger partial charge is 0.410 e. The van der Waals surface area contributed by atoms with Crippen LogP contribution in [0, 0.1) is 12.8 Å². The van der Waals surface area contributed by atoms with Crippen LogP contribution in [0.2, 0.25) is 0 Å². The second-order valence-electron chi connectivity index (χ2n) is 8.03. The number of carbonyl (C=O) groups excluding carboxylic acids is 1. The van der Waals surface area contributed by atoms with Crippen molar-refractivity contribution in [2.45, 2.75) is 46.1 Å². The lowest BCUT2D eigenvalue weighted by molar-refractivity contribution is 0.0139. The van der Waals surface area contributed by atoms with E-state index in [4.69, 9.17) is 9.47 Å². The van der Waals surface area contributed by atoms with Crippen molar-refractivity contribution in [3.8, 4) is 5.75 Å². The molecular weight excluding hydrogens is 328 g/mol. The molecule has 0 unspecified atom stereocenters. The molecule has 1 atom stereocenters. The number of likely N-dealkylation sites (tertiary alicyclic amines) is 1. The summed E-state index contributed by atoms with van der Waals surface area (Å²) in [5.41, 5.74) is 1.40. The van der Waals surface area contributed by atoms with Gasteiger partial charge in [0.15, 0.2) is 0 Å². The van der Waals surface area contributed by atoms with Crippen molar-refractivity contribution in [3.63, 3.8) is 0 Å². The van der Waals surface area contributed by atoms with Gasteiger partial charge in [-0.2, -0.15) is 0 Å². The van der Waals surface area contributed by atoms with Crippen molar-refractivity contribution >= 4 is 17.0 Å². The first-order valence-corrected chi connectivity index (χ1v) is 9.29. The minimum atomic E-state index is -0.465. The summed E-state index contributed by atoms with van der Waals surface area (Å²) in [4.78, 5) is 18.7. The zero-order chi connectivity index (χ0) is 18.7. The zero-order valence-electron chi connectivity index (χ0n) is 16.1. The van der Waals surface area contributed by atoms with Crippen molar-refractivity contribution in [2.75, 3.05) is 19.7 Å². The highest BCUT2D eigenvalue weighted by Crippen LogP contribution is 2.26. The quantitative estimate of drug-likeness (QED) is 0.808. The van der Waals surface area contributed by atoms with Gasteiger partial charge in [0.05, 0.1) is 6.61 Å². The number of pyridine rings is 1. The Morgan fingerprint density at radius 3 is 2.85 bits per heavy atom. The lowest BCUT2D eigenvalue weighted by Gasteiger charge is -2.34. The summed E-state index contributed by atoms with van der Waals surface area (Å²) in [6.45, 7) is 9.66. The molecule has 0 radical (unpaired) electrons. The van der Waals surface area contributed by atoms with Gasteiger partial charge in [-0.05, 0) is 52.7 Å². The number of para-hydroxylation sites is 1. The molecule has 2 heterocycles. The molecule has 1 saturated heterocycles. The van der Waals surface area contributed by atoms with Gasteiger partial charge in [-0.15, -0.1) is 0 Å². The number of hydrogen-bond acceptors (Lipinski definition) is 4. The summed E-state index contributed by atoms with van der Waals surface area (Å²) in [7, 11) is 0. The van der Waals surface area contributed by atoms with Crippen molar-refractivity contribution < 1.29 is 14.3 Å². The van der Waals surface area contributed by atoms with Crippen LogP contribution < -0.4 is 4.74 Å². The molecule has 1 aliphatic rings. The molecule has 1 aromatic heterocycles. The Hall–Kier alpha value is -2.30. The fraction of sp³-hybridized carbons (Fsp3) is 0.524. The van der Waals surface area contributed by atoms with Gasteiger partial charge in [-0.1, -0.05) is 18.2 Å². The van der Waals surface area contributed by atoms with Crippen LogP contribution in [0.5, 0.6) is 5.75 Å². The summed E-state index contributed by atoms with van der Waals surface area (Å²) in [5.74, 6) is 1.11. The molecule has 0 aliphatic carbocycles. The number of fused-ring (bicyclic) bond motifs is 1. The number of aromatic nitrogens is 1. The summed E-state index contributed by atoms with van der Waals surface area (Å²) in [6, 6.07) is 10.1. The Labute approximate surface area is 155 Å². The first-order chi connectivity index (χ1) is 12.3. The van der Waals surface area contributed by atoms with E-state index in [-0.39, 0.29) is 6.09 Å². The van der Waals surface area contributed by atoms with E-state index >= 15 is 0 Å². The number of amides is 1. The molecule has 140 valence electrons. The molecule has 1 aliphatic heterocycles. The third kappa shape index (κ3) is 4.65. The van der Waals surface area contributed by atoms with Crippen LogP contribution in [0.25, 0.3) is 10.9 Å². The Morgan fingerprint density at radius 2 is 2.08 bits per heavy atom. The van der Waals surface area contributed by atoms with Gasteiger partial charge in [0.25, 0.3) is 0 Å². The maximum absolute atomic E-state index is 12.3. The number of hydrogen-bond donors (Lipinski definition) is 0. The standard InChI is InChI=1S/C21H28N2O3/c1-15-10-11-17-8-5-9-18(19(17)22-15)25-14-16-7-6-12-23(13-16)20(24)26-21(2,3)4/h5,8-11,16H,6-7,12-14H2,1-4H3/t16-/m0/s1. The van der Waals surface area contributed by atoms with Crippen LogP contribution in [0.3, 0.4) is 0 Å². The molecule has 5 heteroatoms. The largest absolute Gasteiger partial charge is 0.491 e. The average Bonchev–Trinajstić information content (AvgIpc) is 2.58. The van der Waals surface area contributed by atoms with Gasteiger partial charge in [0.1, 0.15) is 16.9 Å². The third-order valence-corrected chi connectivity index (χ3v) is 4.47. The molecule has 1 amide bonds. The van der Waals surface area contributed by atoms with Crippen LogP contribution in [-0.2, 0) is 4.74 Å². The molecule has 26 heavy (non-hydrogen) atoms. The minimum Gasteiger partial charge on any atom is -0.491 e. The van der Waals surface area contributed by atoms with E-state index in [0.717, 1.165) is 41.7 Å². The average molecular weight is 356 g/mol. The third-order valence-electron chi connectivity index (χ3n) is 4.47. The lowest BCUT2D eigenvalue weighted by atomic mass is 9.99. The molecule has 1 fully saturated rings. The second kappa shape index (κ2) is 7.52. The molecular formula is C21H28N2O3. The molecule has 2 aromatic rings. The summed E-state index contributed by atoms with van der Waals surface area (Å²) in [5, 5.41) is 1.08. The van der Waals surface area contributed by atoms with Crippen molar-refractivity contribution in [2.24, 2.45) is 5.92 Å². The Bertz CT molecular complexity index is 782. The van der Waals surface area contributed by atoms with Crippen LogP contribution in [0.1, 0.15) is 39.3 Å². The number of aryl methyl sites for hydroxylation is 1. The van der Waals surface area contributed by atoms with E-state index in [1.807, 2.05) is 52.0 Å². The van der Waals surface area contributed by atoms with Gasteiger partial charge in [0.2, 0.25) is 0 Å². The first kappa shape index (κ1) is 18.5. The number of nitrogens with zero attached hydrogens (tertiary/aromatic N) is 2. The van der Waals surface area contributed by atoms with Gasteiger partial charge >= 0.3 is 6.09 Å². The normalized spacial score (nSPS) is 18.0. The predicted molar refractivity (Wildman–Crippen MR) is 103 cm³/mol. The van der Waals surface area contributed by atoms with E-state index in [2.05, 4.69) is 11.1 Å². The van der Waals surface area contributed by atoms with Crippen LogP contribution in [0.4, 0.5) is 4.79 Å². The van der Waals surface area contributed by atoms with E-state index in [9.17, 15) is 4.79 Å². The Morgan fingerprint density at radius 1 is 1.27 bits per heavy atom. The van der Waals surface area contributed by atoms with Crippen molar-refractivity contribution in [1.29, 1.82) is 0 Å². The number of benzene rings is 1. The molecule has 5 nitrogen and oxygen atoms in total. The van der Waals surface area contributed by atoms with Crippen molar-refractivity contribution in [1.82, 2.24) is 9.88 Å². The number of piperidine rings is 1. The van der Waals surface area contributed by atoms with Crippen LogP contribution >= 0.6 is 0 Å². The number of ether oxygens (including phenoxy) is 2. The monoisotopic (exact) mass is 356 g/mol. The lowest BCUT2D eigenvalue weighted by Crippen LogP contribution is -2.44. The molecule has 0 saturated carbocycles. The summed E-state index contributed by atoms with van der Waals surface area (Å²) >= 11 is 0.